The average Bonchev–Trinajstić information content (AvgIpc) is 3.84. The van der Waals surface area contributed by atoms with Crippen molar-refractivity contribution >= 4 is 11.9 Å². The maximum Gasteiger partial charge on any atom is 0.307 e. The van der Waals surface area contributed by atoms with E-state index in [2.05, 4.69) is 9.97 Å². The first-order chi connectivity index (χ1) is 18.3. The Morgan fingerprint density at radius 1 is 0.605 bits per heavy atom. The first-order valence-electron chi connectivity index (χ1n) is 12.2. The molecular weight excluding hydrogens is 490 g/mol. The first-order valence-corrected chi connectivity index (χ1v) is 12.2. The van der Waals surface area contributed by atoms with Crippen molar-refractivity contribution in [1.29, 1.82) is 0 Å². The lowest BCUT2D eigenvalue weighted by Crippen LogP contribution is -1.99. The minimum Gasteiger partial charge on any atom is -0.481 e. The number of carboxylic acids is 2. The van der Waals surface area contributed by atoms with E-state index in [0.717, 1.165) is 33.6 Å². The molecule has 0 aliphatic heterocycles. The normalized spacial score (nSPS) is 21.1. The summed E-state index contributed by atoms with van der Waals surface area (Å²) >= 11 is 0. The Balaban J connectivity index is 0.000000155. The molecule has 0 unspecified atom stereocenters. The predicted octanol–water partition coefficient (Wildman–Crippen LogP) is 6.15. The third-order valence-electron chi connectivity index (χ3n) is 6.92. The second kappa shape index (κ2) is 10.5. The van der Waals surface area contributed by atoms with Crippen molar-refractivity contribution in [1.82, 2.24) is 9.97 Å². The highest BCUT2D eigenvalue weighted by Crippen LogP contribution is 2.48. The molecule has 0 spiro atoms. The van der Waals surface area contributed by atoms with Crippen LogP contribution >= 0.6 is 0 Å². The zero-order chi connectivity index (χ0) is 26.8. The molecule has 2 aliphatic carbocycles. The topological polar surface area (TPSA) is 100 Å². The number of carboxylic acid groups (broad SMARTS) is 2. The van der Waals surface area contributed by atoms with Gasteiger partial charge in [0.25, 0.3) is 0 Å². The van der Waals surface area contributed by atoms with Crippen LogP contribution in [0.25, 0.3) is 22.5 Å². The summed E-state index contributed by atoms with van der Waals surface area (Å²) in [6.07, 6.45) is 4.80. The molecule has 6 nitrogen and oxygen atoms in total. The van der Waals surface area contributed by atoms with Gasteiger partial charge in [-0.25, -0.2) is 8.78 Å². The molecule has 2 saturated carbocycles. The van der Waals surface area contributed by atoms with Crippen molar-refractivity contribution in [2.75, 3.05) is 0 Å². The molecule has 192 valence electrons. The van der Waals surface area contributed by atoms with E-state index in [1.807, 2.05) is 24.3 Å². The lowest BCUT2D eigenvalue weighted by atomic mass is 10.1. The van der Waals surface area contributed by atoms with Crippen LogP contribution in [0.2, 0.25) is 0 Å². The minimum absolute atomic E-state index is 0.0901. The summed E-state index contributed by atoms with van der Waals surface area (Å²) < 4.78 is 25.6. The van der Waals surface area contributed by atoms with Gasteiger partial charge in [-0.05, 0) is 96.5 Å². The van der Waals surface area contributed by atoms with E-state index >= 15 is 0 Å². The van der Waals surface area contributed by atoms with Crippen LogP contribution in [0.4, 0.5) is 8.78 Å². The van der Waals surface area contributed by atoms with Gasteiger partial charge >= 0.3 is 11.9 Å². The zero-order valence-electron chi connectivity index (χ0n) is 20.2. The van der Waals surface area contributed by atoms with Crippen LogP contribution < -0.4 is 0 Å². The highest BCUT2D eigenvalue weighted by Gasteiger charge is 2.45. The van der Waals surface area contributed by atoms with Crippen LogP contribution in [0, 0.1) is 23.5 Å². The Bertz CT molecular complexity index is 1330. The lowest BCUT2D eigenvalue weighted by molar-refractivity contribution is -0.139. The maximum atomic E-state index is 12.8. The van der Waals surface area contributed by atoms with E-state index in [1.165, 1.54) is 24.3 Å². The van der Waals surface area contributed by atoms with Crippen molar-refractivity contribution in [3.8, 4) is 22.5 Å². The highest BCUT2D eigenvalue weighted by molar-refractivity contribution is 5.76. The van der Waals surface area contributed by atoms with Gasteiger partial charge in [0.15, 0.2) is 0 Å². The van der Waals surface area contributed by atoms with Crippen molar-refractivity contribution < 1.29 is 28.6 Å². The summed E-state index contributed by atoms with van der Waals surface area (Å²) in [6, 6.07) is 19.8. The van der Waals surface area contributed by atoms with E-state index < -0.39 is 11.9 Å². The van der Waals surface area contributed by atoms with Crippen LogP contribution in [0.15, 0.2) is 85.2 Å². The van der Waals surface area contributed by atoms with Gasteiger partial charge in [-0.3, -0.25) is 19.6 Å². The molecule has 2 heterocycles. The number of hydrogen-bond donors (Lipinski definition) is 2. The predicted molar refractivity (Wildman–Crippen MR) is 136 cm³/mol. The molecular formula is C30H24F2N2O4. The van der Waals surface area contributed by atoms with Crippen LogP contribution in [0.3, 0.4) is 0 Å². The summed E-state index contributed by atoms with van der Waals surface area (Å²) in [5.41, 5.74) is 5.13. The van der Waals surface area contributed by atoms with Gasteiger partial charge in [-0.15, -0.1) is 0 Å². The summed E-state index contributed by atoms with van der Waals surface area (Å²) in [7, 11) is 0. The second-order valence-electron chi connectivity index (χ2n) is 9.54. The molecule has 8 heteroatoms. The number of nitrogens with zero attached hydrogens (tertiary/aromatic N) is 2. The number of aromatic nitrogens is 2. The van der Waals surface area contributed by atoms with E-state index in [-0.39, 0.29) is 35.3 Å². The van der Waals surface area contributed by atoms with E-state index in [4.69, 9.17) is 10.2 Å². The van der Waals surface area contributed by atoms with E-state index in [1.54, 1.807) is 36.7 Å². The molecule has 38 heavy (non-hydrogen) atoms. The summed E-state index contributed by atoms with van der Waals surface area (Å²) in [5, 5.41) is 17.8. The van der Waals surface area contributed by atoms with Gasteiger partial charge in [0.05, 0.1) is 23.2 Å². The summed E-state index contributed by atoms with van der Waals surface area (Å²) in [5.74, 6) is -2.39. The standard InChI is InChI=1S/2C15H12FNO2/c2*16-11-4-1-9(2-5-11)14-6-3-10(8-17-14)12-7-13(12)15(18)19/h2*1-6,8,12-13H,7H2,(H,18,19)/t2*12-,13+/m10/s1. The SMILES string of the molecule is O=C(O)[C@@H]1C[C@H]1c1ccc(-c2ccc(F)cc2)nc1.O=C(O)[C@H]1C[C@@H]1c1ccc(-c2ccc(F)cc2)nc1. The van der Waals surface area contributed by atoms with Gasteiger partial charge < -0.3 is 10.2 Å². The minimum atomic E-state index is -0.743. The molecule has 2 fully saturated rings. The smallest absolute Gasteiger partial charge is 0.307 e. The van der Waals surface area contributed by atoms with Crippen LogP contribution in [0.5, 0.6) is 0 Å². The Morgan fingerprint density at radius 3 is 1.24 bits per heavy atom. The fourth-order valence-corrected chi connectivity index (χ4v) is 4.50. The number of carbonyl (C=O) groups is 2. The number of hydrogen-bond acceptors (Lipinski definition) is 4. The first kappa shape index (κ1) is 25.2. The van der Waals surface area contributed by atoms with Crippen molar-refractivity contribution in [2.24, 2.45) is 11.8 Å². The molecule has 0 amide bonds. The van der Waals surface area contributed by atoms with Crippen molar-refractivity contribution in [3.05, 3.63) is 108 Å². The van der Waals surface area contributed by atoms with Crippen LogP contribution in [-0.4, -0.2) is 32.1 Å². The lowest BCUT2D eigenvalue weighted by Gasteiger charge is -2.03. The fraction of sp³-hybridized carbons (Fsp3) is 0.200. The summed E-state index contributed by atoms with van der Waals surface area (Å²) in [6.45, 7) is 0. The average molecular weight is 515 g/mol. The van der Waals surface area contributed by atoms with Crippen molar-refractivity contribution in [3.63, 3.8) is 0 Å². The number of rotatable bonds is 6. The van der Waals surface area contributed by atoms with Gasteiger partial charge in [0, 0.05) is 23.5 Å². The van der Waals surface area contributed by atoms with Crippen LogP contribution in [-0.2, 0) is 9.59 Å². The zero-order valence-corrected chi connectivity index (χ0v) is 20.2. The third-order valence-corrected chi connectivity index (χ3v) is 6.92. The van der Waals surface area contributed by atoms with E-state index in [0.29, 0.717) is 12.8 Å². The largest absolute Gasteiger partial charge is 0.481 e. The molecule has 0 saturated heterocycles. The number of halogens is 2. The Morgan fingerprint density at radius 2 is 0.974 bits per heavy atom. The number of benzene rings is 2. The molecule has 4 atom stereocenters. The fourth-order valence-electron chi connectivity index (χ4n) is 4.50. The monoisotopic (exact) mass is 514 g/mol. The van der Waals surface area contributed by atoms with Crippen molar-refractivity contribution in [2.45, 2.75) is 24.7 Å². The molecule has 2 N–H and O–H groups in total. The maximum absolute atomic E-state index is 12.8. The van der Waals surface area contributed by atoms with Gasteiger partial charge in [-0.2, -0.15) is 0 Å². The van der Waals surface area contributed by atoms with Crippen LogP contribution in [0.1, 0.15) is 35.8 Å². The quantitative estimate of drug-likeness (QED) is 0.320. The Labute approximate surface area is 217 Å². The highest BCUT2D eigenvalue weighted by atomic mass is 19.1. The molecule has 0 bridgehead atoms. The Hall–Kier alpha value is -4.46. The Kier molecular flexibility index (Phi) is 6.96. The second-order valence-corrected chi connectivity index (χ2v) is 9.54. The molecule has 2 aromatic carbocycles. The van der Waals surface area contributed by atoms with E-state index in [9.17, 15) is 18.4 Å². The third kappa shape index (κ3) is 5.75. The molecule has 2 aliphatic rings. The van der Waals surface area contributed by atoms with Gasteiger partial charge in [0.2, 0.25) is 0 Å². The summed E-state index contributed by atoms with van der Waals surface area (Å²) in [4.78, 5) is 30.3. The number of aliphatic carboxylic acids is 2. The van der Waals surface area contributed by atoms with Gasteiger partial charge in [0.1, 0.15) is 11.6 Å². The molecule has 6 rings (SSSR count). The molecule has 4 aromatic rings. The molecule has 0 radical (unpaired) electrons. The number of pyridine rings is 2. The molecule has 2 aromatic heterocycles. The van der Waals surface area contributed by atoms with Gasteiger partial charge in [-0.1, -0.05) is 12.1 Å².